The van der Waals surface area contributed by atoms with Gasteiger partial charge in [-0.05, 0) is 6.92 Å². The Balaban J connectivity index is 2.49. The van der Waals surface area contributed by atoms with E-state index in [4.69, 9.17) is 0 Å². The minimum atomic E-state index is -0.409. The Morgan fingerprint density at radius 3 is 2.73 bits per heavy atom. The molecule has 0 spiro atoms. The molecule has 1 rings (SSSR count). The Labute approximate surface area is 64.1 Å². The first-order chi connectivity index (χ1) is 5.25. The number of rotatable bonds is 3. The van der Waals surface area contributed by atoms with E-state index in [1.165, 1.54) is 6.07 Å². The normalized spacial score (nSPS) is 11.0. The third-order valence-corrected chi connectivity index (χ3v) is 1.39. The average molecular weight is 151 g/mol. The van der Waals surface area contributed by atoms with Crippen molar-refractivity contribution in [1.82, 2.24) is 0 Å². The van der Waals surface area contributed by atoms with Crippen LogP contribution in [0.25, 0.3) is 0 Å². The van der Waals surface area contributed by atoms with Crippen LogP contribution in [0.4, 0.5) is 5.69 Å². The molecule has 0 saturated carbocycles. The lowest BCUT2D eigenvalue weighted by Gasteiger charge is -2.01. The largest absolute Gasteiger partial charge is 0.378 e. The molecule has 0 aliphatic rings. The molecule has 3 heteroatoms. The fourth-order valence-corrected chi connectivity index (χ4v) is 0.735. The summed E-state index contributed by atoms with van der Waals surface area (Å²) in [6, 6.07) is 1.31. The molecule has 1 aromatic rings. The van der Waals surface area contributed by atoms with Gasteiger partial charge in [-0.2, -0.15) is 0 Å². The van der Waals surface area contributed by atoms with Crippen molar-refractivity contribution in [3.63, 3.8) is 0 Å². The maximum atomic E-state index is 10.7. The van der Waals surface area contributed by atoms with Crippen molar-refractivity contribution < 1.29 is 0 Å². The molecular weight excluding hydrogens is 142 g/mol. The van der Waals surface area contributed by atoms with E-state index in [1.54, 1.807) is 0 Å². The number of nitrogens with one attached hydrogen (secondary N) is 1. The van der Waals surface area contributed by atoms with Crippen molar-refractivity contribution in [1.29, 1.82) is 0 Å². The summed E-state index contributed by atoms with van der Waals surface area (Å²) >= 11 is 0. The lowest BCUT2D eigenvalue weighted by Crippen LogP contribution is -2.32. The molecule has 0 atom stereocenters. The number of allylic oxidation sites excluding steroid dienone is 1. The van der Waals surface area contributed by atoms with Gasteiger partial charge in [0.25, 0.3) is 0 Å². The van der Waals surface area contributed by atoms with E-state index in [0.717, 1.165) is 0 Å². The third-order valence-electron chi connectivity index (χ3n) is 1.39. The zero-order valence-corrected chi connectivity index (χ0v) is 6.26. The second kappa shape index (κ2) is 3.14. The minimum absolute atomic E-state index is 0.408. The van der Waals surface area contributed by atoms with Crippen molar-refractivity contribution in [3.8, 4) is 0 Å². The van der Waals surface area contributed by atoms with E-state index < -0.39 is 10.9 Å². The van der Waals surface area contributed by atoms with E-state index in [9.17, 15) is 9.59 Å². The summed E-state index contributed by atoms with van der Waals surface area (Å²) in [5.41, 5.74) is -0.393. The summed E-state index contributed by atoms with van der Waals surface area (Å²) < 4.78 is 0. The molecule has 0 aromatic heterocycles. The van der Waals surface area contributed by atoms with Crippen molar-refractivity contribution in [2.45, 2.75) is 6.92 Å². The highest BCUT2D eigenvalue weighted by molar-refractivity contribution is 5.47. The predicted molar refractivity (Wildman–Crippen MR) is 44.7 cm³/mol. The van der Waals surface area contributed by atoms with E-state index in [-0.39, 0.29) is 0 Å². The lowest BCUT2D eigenvalue weighted by molar-refractivity contribution is 1.27. The molecule has 0 fully saturated rings. The van der Waals surface area contributed by atoms with Gasteiger partial charge in [0.1, 0.15) is 0 Å². The Kier molecular flexibility index (Phi) is 2.21. The summed E-state index contributed by atoms with van der Waals surface area (Å²) in [5, 5.41) is 2.80. The number of hydrogen-bond acceptors (Lipinski definition) is 3. The standard InChI is InChI=1S/C8H9NO2/c1-2-3-4-9-6-5-7(10)8(6)11/h2-3,5,9H,4H2,1H3/b3-2+. The van der Waals surface area contributed by atoms with Gasteiger partial charge in [0.05, 0.1) is 5.69 Å². The van der Waals surface area contributed by atoms with Crippen LogP contribution < -0.4 is 16.2 Å². The quantitative estimate of drug-likeness (QED) is 0.498. The Hall–Kier alpha value is -1.38. The van der Waals surface area contributed by atoms with Gasteiger partial charge in [-0.15, -0.1) is 0 Å². The highest BCUT2D eigenvalue weighted by Crippen LogP contribution is 1.93. The smallest absolute Gasteiger partial charge is 0.248 e. The minimum Gasteiger partial charge on any atom is -0.378 e. The molecule has 3 nitrogen and oxygen atoms in total. The summed E-state index contributed by atoms with van der Waals surface area (Å²) in [6.07, 6.45) is 3.75. The maximum Gasteiger partial charge on any atom is 0.248 e. The van der Waals surface area contributed by atoms with Gasteiger partial charge in [0.15, 0.2) is 0 Å². The molecule has 11 heavy (non-hydrogen) atoms. The van der Waals surface area contributed by atoms with Gasteiger partial charge in [-0.1, -0.05) is 12.2 Å². The van der Waals surface area contributed by atoms with Crippen LogP contribution in [0.2, 0.25) is 0 Å². The van der Waals surface area contributed by atoms with Gasteiger partial charge < -0.3 is 5.32 Å². The summed E-state index contributed by atoms with van der Waals surface area (Å²) in [5.74, 6) is 0. The monoisotopic (exact) mass is 151 g/mol. The second-order valence-electron chi connectivity index (χ2n) is 2.20. The molecule has 0 unspecified atom stereocenters. The number of anilines is 1. The van der Waals surface area contributed by atoms with Crippen LogP contribution in [0.5, 0.6) is 0 Å². The number of hydrogen-bond donors (Lipinski definition) is 1. The average Bonchev–Trinajstić information content (AvgIpc) is 2.03. The molecule has 0 saturated heterocycles. The highest BCUT2D eigenvalue weighted by atomic mass is 16.2. The lowest BCUT2D eigenvalue weighted by atomic mass is 10.2. The Morgan fingerprint density at radius 1 is 1.55 bits per heavy atom. The zero-order valence-electron chi connectivity index (χ0n) is 6.26. The Morgan fingerprint density at radius 2 is 2.27 bits per heavy atom. The second-order valence-corrected chi connectivity index (χ2v) is 2.20. The fourth-order valence-electron chi connectivity index (χ4n) is 0.735. The van der Waals surface area contributed by atoms with Crippen LogP contribution in [-0.2, 0) is 0 Å². The van der Waals surface area contributed by atoms with Gasteiger partial charge in [-0.3, -0.25) is 9.59 Å². The molecule has 58 valence electrons. The summed E-state index contributed by atoms with van der Waals surface area (Å²) in [6.45, 7) is 2.49. The van der Waals surface area contributed by atoms with Crippen LogP contribution in [0.1, 0.15) is 6.92 Å². The van der Waals surface area contributed by atoms with E-state index in [2.05, 4.69) is 5.32 Å². The summed E-state index contributed by atoms with van der Waals surface area (Å²) in [4.78, 5) is 21.0. The first-order valence-corrected chi connectivity index (χ1v) is 3.41. The predicted octanol–water partition coefficient (Wildman–Crippen LogP) is 0.271. The molecule has 1 N–H and O–H groups in total. The molecule has 0 amide bonds. The first-order valence-electron chi connectivity index (χ1n) is 3.41. The van der Waals surface area contributed by atoms with Crippen molar-refractivity contribution >= 4 is 5.69 Å². The van der Waals surface area contributed by atoms with Gasteiger partial charge in [0, 0.05) is 12.6 Å². The van der Waals surface area contributed by atoms with Crippen molar-refractivity contribution in [2.24, 2.45) is 0 Å². The molecule has 0 bridgehead atoms. The molecule has 0 aliphatic carbocycles. The van der Waals surface area contributed by atoms with Crippen LogP contribution in [0.3, 0.4) is 0 Å². The van der Waals surface area contributed by atoms with Gasteiger partial charge >= 0.3 is 0 Å². The molecule has 0 radical (unpaired) electrons. The molecule has 0 aliphatic heterocycles. The molecule has 0 heterocycles. The molecule has 1 aromatic carbocycles. The third kappa shape index (κ3) is 1.55. The maximum absolute atomic E-state index is 10.7. The van der Waals surface area contributed by atoms with Gasteiger partial charge in [-0.25, -0.2) is 0 Å². The summed E-state index contributed by atoms with van der Waals surface area (Å²) in [7, 11) is 0. The Bertz CT molecular complexity index is 331. The van der Waals surface area contributed by atoms with Crippen LogP contribution in [0.15, 0.2) is 27.8 Å². The first kappa shape index (κ1) is 7.72. The van der Waals surface area contributed by atoms with E-state index in [1.807, 2.05) is 19.1 Å². The zero-order chi connectivity index (χ0) is 8.27. The van der Waals surface area contributed by atoms with Crippen LogP contribution in [-0.4, -0.2) is 6.54 Å². The fraction of sp³-hybridized carbons (Fsp3) is 0.250. The van der Waals surface area contributed by atoms with E-state index in [0.29, 0.717) is 12.2 Å². The van der Waals surface area contributed by atoms with Crippen molar-refractivity contribution in [2.75, 3.05) is 11.9 Å². The van der Waals surface area contributed by atoms with Crippen LogP contribution in [0, 0.1) is 0 Å². The SMILES string of the molecule is C/C=C/CNc1cc(=O)c1=O. The highest BCUT2D eigenvalue weighted by Gasteiger charge is 2.06. The topological polar surface area (TPSA) is 46.2 Å². The van der Waals surface area contributed by atoms with Crippen molar-refractivity contribution in [3.05, 3.63) is 38.7 Å². The van der Waals surface area contributed by atoms with Gasteiger partial charge in [0.2, 0.25) is 10.9 Å². The van der Waals surface area contributed by atoms with Crippen LogP contribution >= 0.6 is 0 Å². The molecular formula is C8H9NO2. The van der Waals surface area contributed by atoms with E-state index >= 15 is 0 Å².